The van der Waals surface area contributed by atoms with Crippen LogP contribution in [-0.2, 0) is 16.1 Å². The normalized spacial score (nSPS) is 20.2. The van der Waals surface area contributed by atoms with Gasteiger partial charge in [-0.2, -0.15) is 0 Å². The first-order valence-electron chi connectivity index (χ1n) is 7.50. The molecule has 0 aromatic heterocycles. The van der Waals surface area contributed by atoms with E-state index in [9.17, 15) is 4.79 Å². The highest BCUT2D eigenvalue weighted by atomic mass is 16.5. The number of hydrogen-bond acceptors (Lipinski definition) is 4. The van der Waals surface area contributed by atoms with Gasteiger partial charge in [0.2, 0.25) is 0 Å². The highest BCUT2D eigenvalue weighted by molar-refractivity contribution is 5.81. The number of carbonyl (C=O) groups excluding carboxylic acids is 1. The molecule has 0 aliphatic carbocycles. The maximum Gasteiger partial charge on any atom is 0.250 e. The molecule has 116 valence electrons. The number of carbonyl (C=O) groups is 1. The predicted octanol–water partition coefficient (Wildman–Crippen LogP) is 0.612. The Balaban J connectivity index is 1.73. The molecule has 1 aromatic carbocycles. The first-order valence-corrected chi connectivity index (χ1v) is 7.50. The van der Waals surface area contributed by atoms with Crippen molar-refractivity contribution < 1.29 is 9.53 Å². The van der Waals surface area contributed by atoms with Crippen molar-refractivity contribution in [1.29, 1.82) is 0 Å². The van der Waals surface area contributed by atoms with Gasteiger partial charge in [0.1, 0.15) is 6.10 Å². The molecule has 1 aliphatic heterocycles. The second-order valence-electron chi connectivity index (χ2n) is 5.66. The molecule has 2 atom stereocenters. The van der Waals surface area contributed by atoms with E-state index in [1.165, 1.54) is 5.56 Å². The minimum atomic E-state index is -0.361. The molecule has 5 nitrogen and oxygen atoms in total. The zero-order chi connectivity index (χ0) is 15.1. The van der Waals surface area contributed by atoms with E-state index >= 15 is 0 Å². The van der Waals surface area contributed by atoms with Gasteiger partial charge in [-0.15, -0.1) is 0 Å². The third-order valence-corrected chi connectivity index (χ3v) is 3.49. The molecule has 2 N–H and O–H groups in total. The Labute approximate surface area is 126 Å². The van der Waals surface area contributed by atoms with E-state index in [1.807, 2.05) is 25.1 Å². The van der Waals surface area contributed by atoms with Gasteiger partial charge in [-0.3, -0.25) is 4.79 Å². The average Bonchev–Trinajstić information content (AvgIpc) is 2.48. The van der Waals surface area contributed by atoms with Crippen molar-refractivity contribution in [1.82, 2.24) is 15.5 Å². The summed E-state index contributed by atoms with van der Waals surface area (Å²) in [5, 5.41) is 6.19. The number of nitrogens with zero attached hydrogens (tertiary/aromatic N) is 1. The van der Waals surface area contributed by atoms with E-state index < -0.39 is 0 Å². The quantitative estimate of drug-likeness (QED) is 0.806. The van der Waals surface area contributed by atoms with Crippen molar-refractivity contribution in [3.8, 4) is 0 Å². The standard InChI is InChI=1S/C16H25N3O2/c1-13(18-16(20)15-10-17-8-9-21-15)11-19(2)12-14-6-4-3-5-7-14/h3-7,13,15,17H,8-12H2,1-2H3,(H,18,20). The van der Waals surface area contributed by atoms with Gasteiger partial charge in [-0.25, -0.2) is 0 Å². The Morgan fingerprint density at radius 1 is 1.48 bits per heavy atom. The van der Waals surface area contributed by atoms with Crippen molar-refractivity contribution >= 4 is 5.91 Å². The molecule has 2 unspecified atom stereocenters. The molecule has 1 amide bonds. The maximum atomic E-state index is 12.1. The molecule has 0 saturated carbocycles. The Bertz CT molecular complexity index is 432. The molecule has 0 spiro atoms. The van der Waals surface area contributed by atoms with Crippen LogP contribution in [0.1, 0.15) is 12.5 Å². The van der Waals surface area contributed by atoms with Crippen LogP contribution in [0, 0.1) is 0 Å². The van der Waals surface area contributed by atoms with E-state index in [0.717, 1.165) is 19.6 Å². The van der Waals surface area contributed by atoms with Crippen molar-refractivity contribution in [3.63, 3.8) is 0 Å². The number of hydrogen-bond donors (Lipinski definition) is 2. The topological polar surface area (TPSA) is 53.6 Å². The molecule has 1 saturated heterocycles. The van der Waals surface area contributed by atoms with Gasteiger partial charge in [0.25, 0.3) is 5.91 Å². The third-order valence-electron chi connectivity index (χ3n) is 3.49. The van der Waals surface area contributed by atoms with Gasteiger partial charge in [-0.05, 0) is 19.5 Å². The molecule has 1 fully saturated rings. The SMILES string of the molecule is CC(CN(C)Cc1ccccc1)NC(=O)C1CNCCO1. The van der Waals surface area contributed by atoms with Crippen LogP contribution < -0.4 is 10.6 Å². The molecule has 1 aliphatic rings. The predicted molar refractivity (Wildman–Crippen MR) is 83.0 cm³/mol. The molecule has 5 heteroatoms. The van der Waals surface area contributed by atoms with E-state index in [2.05, 4.69) is 34.7 Å². The van der Waals surface area contributed by atoms with Crippen molar-refractivity contribution in [2.24, 2.45) is 0 Å². The number of rotatable bonds is 6. The van der Waals surface area contributed by atoms with Crippen LogP contribution >= 0.6 is 0 Å². The third kappa shape index (κ3) is 5.46. The summed E-state index contributed by atoms with van der Waals surface area (Å²) in [5.74, 6) is -0.0252. The first-order chi connectivity index (χ1) is 10.1. The fourth-order valence-electron chi connectivity index (χ4n) is 2.54. The summed E-state index contributed by atoms with van der Waals surface area (Å²) in [6.07, 6.45) is -0.361. The van der Waals surface area contributed by atoms with Gasteiger partial charge < -0.3 is 20.3 Å². The van der Waals surface area contributed by atoms with Crippen LogP contribution in [0.4, 0.5) is 0 Å². The monoisotopic (exact) mass is 291 g/mol. The Hall–Kier alpha value is -1.43. The lowest BCUT2D eigenvalue weighted by Gasteiger charge is -2.26. The molecule has 0 radical (unpaired) electrons. The summed E-state index contributed by atoms with van der Waals surface area (Å²) in [4.78, 5) is 14.3. The summed E-state index contributed by atoms with van der Waals surface area (Å²) >= 11 is 0. The number of benzene rings is 1. The maximum absolute atomic E-state index is 12.1. The minimum absolute atomic E-state index is 0.0252. The molecule has 21 heavy (non-hydrogen) atoms. The zero-order valence-electron chi connectivity index (χ0n) is 12.8. The number of morpholine rings is 1. The summed E-state index contributed by atoms with van der Waals surface area (Å²) in [7, 11) is 2.06. The summed E-state index contributed by atoms with van der Waals surface area (Å²) in [6, 6.07) is 10.4. The number of likely N-dealkylation sites (N-methyl/N-ethyl adjacent to an activating group) is 1. The lowest BCUT2D eigenvalue weighted by molar-refractivity contribution is -0.134. The molecule has 2 rings (SSSR count). The fraction of sp³-hybridized carbons (Fsp3) is 0.562. The van der Waals surface area contributed by atoms with Crippen LogP contribution in [0.15, 0.2) is 30.3 Å². The average molecular weight is 291 g/mol. The van der Waals surface area contributed by atoms with Gasteiger partial charge in [0, 0.05) is 32.2 Å². The van der Waals surface area contributed by atoms with Crippen molar-refractivity contribution in [2.75, 3.05) is 33.3 Å². The highest BCUT2D eigenvalue weighted by Crippen LogP contribution is 2.03. The Morgan fingerprint density at radius 2 is 2.24 bits per heavy atom. The van der Waals surface area contributed by atoms with Crippen LogP contribution in [0.5, 0.6) is 0 Å². The Morgan fingerprint density at radius 3 is 2.90 bits per heavy atom. The summed E-state index contributed by atoms with van der Waals surface area (Å²) in [6.45, 7) is 5.72. The molecule has 1 aromatic rings. The van der Waals surface area contributed by atoms with E-state index in [0.29, 0.717) is 13.2 Å². The van der Waals surface area contributed by atoms with E-state index in [-0.39, 0.29) is 18.1 Å². The van der Waals surface area contributed by atoms with Crippen molar-refractivity contribution in [3.05, 3.63) is 35.9 Å². The number of amides is 1. The van der Waals surface area contributed by atoms with Crippen LogP contribution in [0.25, 0.3) is 0 Å². The zero-order valence-corrected chi connectivity index (χ0v) is 12.8. The summed E-state index contributed by atoms with van der Waals surface area (Å²) < 4.78 is 5.45. The second-order valence-corrected chi connectivity index (χ2v) is 5.66. The molecular weight excluding hydrogens is 266 g/mol. The molecule has 1 heterocycles. The smallest absolute Gasteiger partial charge is 0.250 e. The minimum Gasteiger partial charge on any atom is -0.366 e. The van der Waals surface area contributed by atoms with Gasteiger partial charge in [0.15, 0.2) is 0 Å². The summed E-state index contributed by atoms with van der Waals surface area (Å²) in [5.41, 5.74) is 1.28. The van der Waals surface area contributed by atoms with Gasteiger partial charge in [0.05, 0.1) is 6.61 Å². The number of nitrogens with one attached hydrogen (secondary N) is 2. The first kappa shape index (κ1) is 15.9. The van der Waals surface area contributed by atoms with Gasteiger partial charge in [-0.1, -0.05) is 30.3 Å². The van der Waals surface area contributed by atoms with Crippen LogP contribution in [0.2, 0.25) is 0 Å². The van der Waals surface area contributed by atoms with E-state index in [4.69, 9.17) is 4.74 Å². The Kier molecular flexibility index (Phi) is 6.17. The van der Waals surface area contributed by atoms with Crippen LogP contribution in [-0.4, -0.2) is 56.2 Å². The highest BCUT2D eigenvalue weighted by Gasteiger charge is 2.23. The second kappa shape index (κ2) is 8.12. The molecule has 0 bridgehead atoms. The number of ether oxygens (including phenoxy) is 1. The van der Waals surface area contributed by atoms with Crippen LogP contribution in [0.3, 0.4) is 0 Å². The fourth-order valence-corrected chi connectivity index (χ4v) is 2.54. The molecular formula is C16H25N3O2. The van der Waals surface area contributed by atoms with Crippen molar-refractivity contribution in [2.45, 2.75) is 25.6 Å². The van der Waals surface area contributed by atoms with Gasteiger partial charge >= 0.3 is 0 Å². The lowest BCUT2D eigenvalue weighted by Crippen LogP contribution is -2.51. The lowest BCUT2D eigenvalue weighted by atomic mass is 10.2. The largest absolute Gasteiger partial charge is 0.366 e. The van der Waals surface area contributed by atoms with E-state index in [1.54, 1.807) is 0 Å².